The highest BCUT2D eigenvalue weighted by atomic mass is 32.1. The van der Waals surface area contributed by atoms with E-state index in [0.717, 1.165) is 4.88 Å². The van der Waals surface area contributed by atoms with Crippen molar-refractivity contribution in [1.29, 1.82) is 0 Å². The molecule has 0 atom stereocenters. The number of rotatable bonds is 1. The summed E-state index contributed by atoms with van der Waals surface area (Å²) in [6.45, 7) is 1.84. The molecule has 0 aliphatic heterocycles. The van der Waals surface area contributed by atoms with Crippen LogP contribution in [0.1, 0.15) is 14.5 Å². The molecule has 48 valence electrons. The second-order valence-electron chi connectivity index (χ2n) is 1.72. The Morgan fingerprint density at radius 3 is 2.67 bits per heavy atom. The number of hydrogen-bond donors (Lipinski definition) is 1. The Bertz CT molecular complexity index is 227. The third-order valence-electron chi connectivity index (χ3n) is 0.970. The van der Waals surface area contributed by atoms with Gasteiger partial charge >= 0.3 is 0 Å². The van der Waals surface area contributed by atoms with Gasteiger partial charge in [-0.15, -0.1) is 11.3 Å². The number of hydrogen-bond acceptors (Lipinski definition) is 3. The SMILES string of the molecule is Cc1cc(O)c(C=O)s1. The van der Waals surface area contributed by atoms with Crippen molar-refractivity contribution in [2.75, 3.05) is 0 Å². The third kappa shape index (κ3) is 1.10. The van der Waals surface area contributed by atoms with Gasteiger partial charge in [-0.3, -0.25) is 4.79 Å². The van der Waals surface area contributed by atoms with E-state index in [2.05, 4.69) is 0 Å². The normalized spacial score (nSPS) is 9.44. The van der Waals surface area contributed by atoms with E-state index in [4.69, 9.17) is 5.11 Å². The molecule has 9 heavy (non-hydrogen) atoms. The molecule has 1 aromatic heterocycles. The first kappa shape index (κ1) is 6.29. The largest absolute Gasteiger partial charge is 0.506 e. The van der Waals surface area contributed by atoms with E-state index >= 15 is 0 Å². The van der Waals surface area contributed by atoms with Crippen molar-refractivity contribution in [2.24, 2.45) is 0 Å². The molecule has 0 amide bonds. The maximum atomic E-state index is 10.1. The number of carbonyl (C=O) groups excluding carboxylic acids is 1. The van der Waals surface area contributed by atoms with E-state index in [9.17, 15) is 4.79 Å². The number of thiophene rings is 1. The third-order valence-corrected chi connectivity index (χ3v) is 1.94. The number of carbonyl (C=O) groups is 1. The van der Waals surface area contributed by atoms with Crippen LogP contribution >= 0.6 is 11.3 Å². The molecule has 0 spiro atoms. The smallest absolute Gasteiger partial charge is 0.163 e. The summed E-state index contributed by atoms with van der Waals surface area (Å²) in [4.78, 5) is 11.5. The van der Waals surface area contributed by atoms with Gasteiger partial charge in [0.2, 0.25) is 0 Å². The summed E-state index contributed by atoms with van der Waals surface area (Å²) in [6.07, 6.45) is 0.660. The van der Waals surface area contributed by atoms with Crippen LogP contribution in [0.4, 0.5) is 0 Å². The molecule has 0 aromatic carbocycles. The van der Waals surface area contributed by atoms with Gasteiger partial charge in [-0.1, -0.05) is 0 Å². The van der Waals surface area contributed by atoms with Crippen LogP contribution in [0.5, 0.6) is 5.75 Å². The predicted octanol–water partition coefficient (Wildman–Crippen LogP) is 1.57. The number of aromatic hydroxyl groups is 1. The van der Waals surface area contributed by atoms with Gasteiger partial charge in [0.15, 0.2) is 6.29 Å². The highest BCUT2D eigenvalue weighted by Crippen LogP contribution is 2.24. The van der Waals surface area contributed by atoms with E-state index < -0.39 is 0 Å². The molecule has 0 bridgehead atoms. The van der Waals surface area contributed by atoms with Crippen molar-refractivity contribution in [3.8, 4) is 5.75 Å². The Hall–Kier alpha value is -0.830. The van der Waals surface area contributed by atoms with Crippen LogP contribution in [-0.2, 0) is 0 Å². The first-order valence-electron chi connectivity index (χ1n) is 2.48. The average molecular weight is 142 g/mol. The van der Waals surface area contributed by atoms with E-state index in [-0.39, 0.29) is 5.75 Å². The molecule has 0 saturated heterocycles. The lowest BCUT2D eigenvalue weighted by Gasteiger charge is -1.78. The molecule has 0 radical (unpaired) electrons. The molecule has 1 rings (SSSR count). The van der Waals surface area contributed by atoms with Crippen molar-refractivity contribution in [3.05, 3.63) is 15.8 Å². The van der Waals surface area contributed by atoms with Crippen LogP contribution in [0.2, 0.25) is 0 Å². The van der Waals surface area contributed by atoms with Gasteiger partial charge in [0.1, 0.15) is 10.6 Å². The predicted molar refractivity (Wildman–Crippen MR) is 36.1 cm³/mol. The van der Waals surface area contributed by atoms with Crippen LogP contribution in [0.15, 0.2) is 6.07 Å². The van der Waals surface area contributed by atoms with Crippen molar-refractivity contribution in [3.63, 3.8) is 0 Å². The minimum Gasteiger partial charge on any atom is -0.506 e. The van der Waals surface area contributed by atoms with E-state index in [1.165, 1.54) is 11.3 Å². The zero-order valence-electron chi connectivity index (χ0n) is 4.92. The quantitative estimate of drug-likeness (QED) is 0.604. The van der Waals surface area contributed by atoms with Crippen molar-refractivity contribution < 1.29 is 9.90 Å². The van der Waals surface area contributed by atoms with E-state index in [1.807, 2.05) is 6.92 Å². The Balaban J connectivity index is 3.15. The summed E-state index contributed by atoms with van der Waals surface area (Å²) in [5.74, 6) is 0.0903. The van der Waals surface area contributed by atoms with Gasteiger partial charge in [-0.25, -0.2) is 0 Å². The lowest BCUT2D eigenvalue weighted by molar-refractivity contribution is 0.112. The molecular formula is C6H6O2S. The maximum absolute atomic E-state index is 10.1. The fraction of sp³-hybridized carbons (Fsp3) is 0.167. The van der Waals surface area contributed by atoms with Crippen LogP contribution in [0.25, 0.3) is 0 Å². The fourth-order valence-electron chi connectivity index (χ4n) is 0.603. The molecule has 3 heteroatoms. The van der Waals surface area contributed by atoms with Gasteiger partial charge in [-0.2, -0.15) is 0 Å². The van der Waals surface area contributed by atoms with Crippen LogP contribution in [-0.4, -0.2) is 11.4 Å². The molecule has 0 saturated carbocycles. The Morgan fingerprint density at radius 1 is 1.78 bits per heavy atom. The van der Waals surface area contributed by atoms with Gasteiger partial charge in [-0.05, 0) is 13.0 Å². The molecular weight excluding hydrogens is 136 g/mol. The second kappa shape index (κ2) is 2.19. The molecule has 1 N–H and O–H groups in total. The van der Waals surface area contributed by atoms with Crippen LogP contribution in [0.3, 0.4) is 0 Å². The minimum absolute atomic E-state index is 0.0903. The molecule has 0 fully saturated rings. The Labute approximate surface area is 56.8 Å². The first-order valence-corrected chi connectivity index (χ1v) is 3.30. The van der Waals surface area contributed by atoms with Gasteiger partial charge in [0.05, 0.1) is 0 Å². The topological polar surface area (TPSA) is 37.3 Å². The summed E-state index contributed by atoms with van der Waals surface area (Å²) < 4.78 is 0. The summed E-state index contributed by atoms with van der Waals surface area (Å²) in [5.41, 5.74) is 0. The lowest BCUT2D eigenvalue weighted by atomic mass is 10.4. The Kier molecular flexibility index (Phi) is 1.53. The molecule has 1 aromatic rings. The molecule has 1 heterocycles. The fourth-order valence-corrected chi connectivity index (χ4v) is 1.33. The monoisotopic (exact) mass is 142 g/mol. The number of aryl methyl sites for hydroxylation is 1. The summed E-state index contributed by atoms with van der Waals surface area (Å²) in [6, 6.07) is 1.58. The highest BCUT2D eigenvalue weighted by Gasteiger charge is 2.01. The second-order valence-corrected chi connectivity index (χ2v) is 3.01. The van der Waals surface area contributed by atoms with Crippen LogP contribution < -0.4 is 0 Å². The molecule has 0 aliphatic carbocycles. The summed E-state index contributed by atoms with van der Waals surface area (Å²) in [5, 5.41) is 8.91. The summed E-state index contributed by atoms with van der Waals surface area (Å²) in [7, 11) is 0. The van der Waals surface area contributed by atoms with Gasteiger partial charge in [0, 0.05) is 4.88 Å². The zero-order valence-corrected chi connectivity index (χ0v) is 5.73. The minimum atomic E-state index is 0.0903. The molecule has 0 unspecified atom stereocenters. The zero-order chi connectivity index (χ0) is 6.85. The highest BCUT2D eigenvalue weighted by molar-refractivity contribution is 7.13. The maximum Gasteiger partial charge on any atom is 0.163 e. The standard InChI is InChI=1S/C6H6O2S/c1-4-2-5(8)6(3-7)9-4/h2-3,8H,1H3. The van der Waals surface area contributed by atoms with Crippen molar-refractivity contribution in [2.45, 2.75) is 6.92 Å². The molecule has 2 nitrogen and oxygen atoms in total. The van der Waals surface area contributed by atoms with Crippen molar-refractivity contribution >= 4 is 17.6 Å². The van der Waals surface area contributed by atoms with E-state index in [1.54, 1.807) is 6.07 Å². The lowest BCUT2D eigenvalue weighted by Crippen LogP contribution is -1.66. The van der Waals surface area contributed by atoms with Gasteiger partial charge in [0.25, 0.3) is 0 Å². The summed E-state index contributed by atoms with van der Waals surface area (Å²) >= 11 is 1.30. The molecule has 0 aliphatic rings. The number of aldehydes is 1. The van der Waals surface area contributed by atoms with Crippen molar-refractivity contribution in [1.82, 2.24) is 0 Å². The van der Waals surface area contributed by atoms with Gasteiger partial charge < -0.3 is 5.11 Å². The average Bonchev–Trinajstić information content (AvgIpc) is 2.10. The first-order chi connectivity index (χ1) is 4.24. The van der Waals surface area contributed by atoms with E-state index in [0.29, 0.717) is 11.2 Å². The van der Waals surface area contributed by atoms with Crippen LogP contribution in [0, 0.1) is 6.92 Å². The Morgan fingerprint density at radius 2 is 2.44 bits per heavy atom.